The van der Waals surface area contributed by atoms with E-state index in [0.717, 1.165) is 0 Å². The molecule has 2 atom stereocenters. The molecule has 24 heavy (non-hydrogen) atoms. The quantitative estimate of drug-likeness (QED) is 0.741. The van der Waals surface area contributed by atoms with Gasteiger partial charge in [0.05, 0.1) is 0 Å². The maximum absolute atomic E-state index is 12.7. The van der Waals surface area contributed by atoms with Crippen LogP contribution in [0.3, 0.4) is 0 Å². The standard InChI is InChI=1S/C18H16N4O2/c23-18(16-8-4-5-9-19-16)22-10-14(13-6-2-1-3-7-13)15(11-22)17-20-12-24-21-17/h1-9,12,14-15H,10-11H2/t14-,15-/m0/s1. The lowest BCUT2D eigenvalue weighted by molar-refractivity contribution is 0.0783. The second-order valence-electron chi connectivity index (χ2n) is 5.84. The Morgan fingerprint density at radius 1 is 1.00 bits per heavy atom. The lowest BCUT2D eigenvalue weighted by Gasteiger charge is -2.16. The number of likely N-dealkylation sites (tertiary alicyclic amines) is 1. The van der Waals surface area contributed by atoms with Gasteiger partial charge in [0.1, 0.15) is 5.69 Å². The maximum atomic E-state index is 12.7. The summed E-state index contributed by atoms with van der Waals surface area (Å²) in [6.45, 7) is 1.16. The Bertz CT molecular complexity index is 806. The third-order valence-electron chi connectivity index (χ3n) is 4.43. The van der Waals surface area contributed by atoms with Crippen molar-refractivity contribution in [2.75, 3.05) is 13.1 Å². The Kier molecular flexibility index (Phi) is 3.78. The summed E-state index contributed by atoms with van der Waals surface area (Å²) in [6, 6.07) is 15.5. The SMILES string of the molecule is O=C(c1ccccn1)N1C[C@H](c2ncon2)[C@H](c2ccccc2)C1. The van der Waals surface area contributed by atoms with Gasteiger partial charge in [0.15, 0.2) is 5.82 Å². The number of carbonyl (C=O) groups excluding carboxylic acids is 1. The molecule has 1 amide bonds. The first-order chi connectivity index (χ1) is 11.8. The average molecular weight is 320 g/mol. The number of amides is 1. The first-order valence-corrected chi connectivity index (χ1v) is 7.84. The molecule has 0 radical (unpaired) electrons. The van der Waals surface area contributed by atoms with Crippen molar-refractivity contribution in [2.45, 2.75) is 11.8 Å². The highest BCUT2D eigenvalue weighted by molar-refractivity contribution is 5.92. The van der Waals surface area contributed by atoms with Crippen molar-refractivity contribution in [1.29, 1.82) is 0 Å². The molecule has 1 aliphatic heterocycles. The summed E-state index contributed by atoms with van der Waals surface area (Å²) in [5, 5.41) is 4.00. The third kappa shape index (κ3) is 2.67. The molecule has 0 saturated carbocycles. The second kappa shape index (κ2) is 6.23. The second-order valence-corrected chi connectivity index (χ2v) is 5.84. The van der Waals surface area contributed by atoms with E-state index in [-0.39, 0.29) is 17.7 Å². The molecule has 1 aliphatic rings. The van der Waals surface area contributed by atoms with Crippen molar-refractivity contribution in [3.8, 4) is 0 Å². The molecule has 120 valence electrons. The summed E-state index contributed by atoms with van der Waals surface area (Å²) in [4.78, 5) is 22.9. The van der Waals surface area contributed by atoms with E-state index in [9.17, 15) is 4.79 Å². The molecule has 2 aromatic heterocycles. The van der Waals surface area contributed by atoms with E-state index >= 15 is 0 Å². The molecule has 1 fully saturated rings. The van der Waals surface area contributed by atoms with Crippen molar-refractivity contribution in [2.24, 2.45) is 0 Å². The van der Waals surface area contributed by atoms with Crippen LogP contribution in [0.2, 0.25) is 0 Å². The maximum Gasteiger partial charge on any atom is 0.272 e. The first kappa shape index (κ1) is 14.6. The molecule has 4 rings (SSSR count). The molecular weight excluding hydrogens is 304 g/mol. The molecule has 0 aliphatic carbocycles. The number of hydrogen-bond donors (Lipinski definition) is 0. The van der Waals surface area contributed by atoms with Gasteiger partial charge < -0.3 is 9.42 Å². The lowest BCUT2D eigenvalue weighted by Crippen LogP contribution is -2.29. The van der Waals surface area contributed by atoms with E-state index in [1.54, 1.807) is 18.3 Å². The smallest absolute Gasteiger partial charge is 0.272 e. The van der Waals surface area contributed by atoms with Crippen LogP contribution in [0.5, 0.6) is 0 Å². The van der Waals surface area contributed by atoms with Crippen molar-refractivity contribution in [3.05, 3.63) is 78.2 Å². The summed E-state index contributed by atoms with van der Waals surface area (Å²) >= 11 is 0. The van der Waals surface area contributed by atoms with Crippen molar-refractivity contribution in [3.63, 3.8) is 0 Å². The molecule has 0 N–H and O–H groups in total. The molecule has 6 heteroatoms. The summed E-state index contributed by atoms with van der Waals surface area (Å²) in [7, 11) is 0. The van der Waals surface area contributed by atoms with Gasteiger partial charge in [-0.2, -0.15) is 4.98 Å². The van der Waals surface area contributed by atoms with Gasteiger partial charge >= 0.3 is 0 Å². The minimum atomic E-state index is -0.0671. The average Bonchev–Trinajstić information content (AvgIpc) is 3.32. The highest BCUT2D eigenvalue weighted by atomic mass is 16.5. The van der Waals surface area contributed by atoms with Crippen molar-refractivity contribution >= 4 is 5.91 Å². The first-order valence-electron chi connectivity index (χ1n) is 7.84. The fourth-order valence-corrected chi connectivity index (χ4v) is 3.26. The van der Waals surface area contributed by atoms with Crippen LogP contribution in [0.15, 0.2) is 65.6 Å². The minimum Gasteiger partial charge on any atom is -0.343 e. The van der Waals surface area contributed by atoms with Crippen LogP contribution in [-0.4, -0.2) is 39.0 Å². The normalized spacial score (nSPS) is 20.2. The van der Waals surface area contributed by atoms with Gasteiger partial charge in [-0.1, -0.05) is 41.6 Å². The fraction of sp³-hybridized carbons (Fsp3) is 0.222. The van der Waals surface area contributed by atoms with E-state index < -0.39 is 0 Å². The number of nitrogens with zero attached hydrogens (tertiary/aromatic N) is 4. The van der Waals surface area contributed by atoms with Gasteiger partial charge in [-0.3, -0.25) is 9.78 Å². The number of hydrogen-bond acceptors (Lipinski definition) is 5. The van der Waals surface area contributed by atoms with E-state index in [4.69, 9.17) is 4.52 Å². The lowest BCUT2D eigenvalue weighted by atomic mass is 9.88. The summed E-state index contributed by atoms with van der Waals surface area (Å²) in [5.41, 5.74) is 1.63. The minimum absolute atomic E-state index is 0.0128. The molecule has 0 bridgehead atoms. The van der Waals surface area contributed by atoms with Gasteiger partial charge in [0, 0.05) is 31.1 Å². The Morgan fingerprint density at radius 3 is 2.50 bits per heavy atom. The molecule has 3 heterocycles. The summed E-state index contributed by atoms with van der Waals surface area (Å²) < 4.78 is 4.91. The molecule has 3 aromatic rings. The van der Waals surface area contributed by atoms with Crippen molar-refractivity contribution in [1.82, 2.24) is 20.0 Å². The number of rotatable bonds is 3. The molecule has 6 nitrogen and oxygen atoms in total. The van der Waals surface area contributed by atoms with Gasteiger partial charge in [-0.05, 0) is 17.7 Å². The highest BCUT2D eigenvalue weighted by Crippen LogP contribution is 2.38. The predicted octanol–water partition coefficient (Wildman–Crippen LogP) is 2.49. The van der Waals surface area contributed by atoms with Crippen LogP contribution < -0.4 is 0 Å². The van der Waals surface area contributed by atoms with E-state index in [1.807, 2.05) is 29.2 Å². The molecule has 1 saturated heterocycles. The number of benzene rings is 1. The number of pyridine rings is 1. The predicted molar refractivity (Wildman–Crippen MR) is 86.4 cm³/mol. The third-order valence-corrected chi connectivity index (χ3v) is 4.43. The molecule has 0 spiro atoms. The van der Waals surface area contributed by atoms with Crippen LogP contribution >= 0.6 is 0 Å². The van der Waals surface area contributed by atoms with Gasteiger partial charge in [-0.15, -0.1) is 0 Å². The van der Waals surface area contributed by atoms with Crippen LogP contribution in [0.4, 0.5) is 0 Å². The van der Waals surface area contributed by atoms with E-state index in [2.05, 4.69) is 27.3 Å². The van der Waals surface area contributed by atoms with Gasteiger partial charge in [0.25, 0.3) is 5.91 Å². The highest BCUT2D eigenvalue weighted by Gasteiger charge is 2.39. The zero-order valence-electron chi connectivity index (χ0n) is 12.9. The zero-order valence-corrected chi connectivity index (χ0v) is 12.9. The van der Waals surface area contributed by atoms with Crippen LogP contribution in [0, 0.1) is 0 Å². The Hall–Kier alpha value is -3.02. The fourth-order valence-electron chi connectivity index (χ4n) is 3.26. The van der Waals surface area contributed by atoms with E-state index in [0.29, 0.717) is 24.6 Å². The van der Waals surface area contributed by atoms with Crippen LogP contribution in [0.25, 0.3) is 0 Å². The Morgan fingerprint density at radius 2 is 1.79 bits per heavy atom. The summed E-state index contributed by atoms with van der Waals surface area (Å²) in [6.07, 6.45) is 2.97. The molecule has 1 aromatic carbocycles. The van der Waals surface area contributed by atoms with E-state index in [1.165, 1.54) is 12.0 Å². The largest absolute Gasteiger partial charge is 0.343 e. The molecular formula is C18H16N4O2. The number of carbonyl (C=O) groups is 1. The van der Waals surface area contributed by atoms with Crippen LogP contribution in [-0.2, 0) is 0 Å². The monoisotopic (exact) mass is 320 g/mol. The Labute approximate surface area is 139 Å². The van der Waals surface area contributed by atoms with Gasteiger partial charge in [-0.25, -0.2) is 0 Å². The van der Waals surface area contributed by atoms with Gasteiger partial charge in [0.2, 0.25) is 6.39 Å². The number of aromatic nitrogens is 3. The zero-order chi connectivity index (χ0) is 16.4. The topological polar surface area (TPSA) is 72.1 Å². The van der Waals surface area contributed by atoms with Crippen LogP contribution in [0.1, 0.15) is 33.7 Å². The van der Waals surface area contributed by atoms with Crippen molar-refractivity contribution < 1.29 is 9.32 Å². The molecule has 0 unspecified atom stereocenters. The Balaban J connectivity index is 1.64. The summed E-state index contributed by atoms with van der Waals surface area (Å²) in [5.74, 6) is 0.720.